The summed E-state index contributed by atoms with van der Waals surface area (Å²) >= 11 is 0. The van der Waals surface area contributed by atoms with Crippen molar-refractivity contribution < 1.29 is 14.2 Å². The molecule has 132 valence electrons. The molecule has 23 heavy (non-hydrogen) atoms. The predicted octanol–water partition coefficient (Wildman–Crippen LogP) is 2.19. The average Bonchev–Trinajstić information content (AvgIpc) is 2.51. The van der Waals surface area contributed by atoms with Gasteiger partial charge in [0.25, 0.3) is 0 Å². The van der Waals surface area contributed by atoms with Crippen LogP contribution in [-0.4, -0.2) is 46.5 Å². The van der Waals surface area contributed by atoms with Crippen LogP contribution in [0.25, 0.3) is 0 Å². The van der Waals surface area contributed by atoms with Crippen LogP contribution in [0.3, 0.4) is 0 Å². The molecule has 1 aromatic rings. The average molecular weight is 437 g/mol. The number of guanidine groups is 1. The van der Waals surface area contributed by atoms with Crippen LogP contribution < -0.4 is 20.5 Å². The quantitative estimate of drug-likeness (QED) is 0.268. The number of hydrogen-bond acceptors (Lipinski definition) is 4. The fourth-order valence-corrected chi connectivity index (χ4v) is 2.14. The number of halogens is 1. The van der Waals surface area contributed by atoms with E-state index in [4.69, 9.17) is 19.9 Å². The summed E-state index contributed by atoms with van der Waals surface area (Å²) in [6, 6.07) is 5.94. The Bertz CT molecular complexity index is 484. The Labute approximate surface area is 155 Å². The lowest BCUT2D eigenvalue weighted by Gasteiger charge is -2.13. The third-order valence-corrected chi connectivity index (χ3v) is 3.18. The summed E-state index contributed by atoms with van der Waals surface area (Å²) in [5.41, 5.74) is 6.93. The topological polar surface area (TPSA) is 78.1 Å². The van der Waals surface area contributed by atoms with Crippen LogP contribution >= 0.6 is 24.0 Å². The van der Waals surface area contributed by atoms with E-state index in [-0.39, 0.29) is 30.0 Å². The second-order valence-electron chi connectivity index (χ2n) is 5.05. The van der Waals surface area contributed by atoms with Crippen molar-refractivity contribution in [3.63, 3.8) is 0 Å². The Kier molecular flexibility index (Phi) is 11.6. The van der Waals surface area contributed by atoms with Crippen molar-refractivity contribution in [1.82, 2.24) is 5.32 Å². The lowest BCUT2D eigenvalue weighted by Crippen LogP contribution is -2.40. The maximum absolute atomic E-state index is 5.82. The van der Waals surface area contributed by atoms with Crippen molar-refractivity contribution >= 4 is 29.9 Å². The van der Waals surface area contributed by atoms with Crippen LogP contribution in [0.15, 0.2) is 23.2 Å². The van der Waals surface area contributed by atoms with E-state index in [0.29, 0.717) is 19.1 Å². The number of nitrogens with two attached hydrogens (primary N) is 1. The third-order valence-electron chi connectivity index (χ3n) is 3.18. The highest BCUT2D eigenvalue weighted by atomic mass is 127. The number of methoxy groups -OCH3 is 3. The fourth-order valence-electron chi connectivity index (χ4n) is 2.14. The number of benzene rings is 1. The first-order valence-corrected chi connectivity index (χ1v) is 7.37. The first-order chi connectivity index (χ1) is 10.6. The van der Waals surface area contributed by atoms with Crippen molar-refractivity contribution in [2.75, 3.05) is 34.5 Å². The van der Waals surface area contributed by atoms with E-state index in [1.165, 1.54) is 0 Å². The highest BCUT2D eigenvalue weighted by Crippen LogP contribution is 2.24. The van der Waals surface area contributed by atoms with E-state index in [0.717, 1.165) is 29.9 Å². The highest BCUT2D eigenvalue weighted by molar-refractivity contribution is 14.0. The fraction of sp³-hybridized carbons (Fsp3) is 0.562. The predicted molar refractivity (Wildman–Crippen MR) is 104 cm³/mol. The number of nitrogens with one attached hydrogen (secondary N) is 1. The molecule has 0 aromatic heterocycles. The van der Waals surface area contributed by atoms with Crippen molar-refractivity contribution in [3.8, 4) is 11.5 Å². The van der Waals surface area contributed by atoms with Gasteiger partial charge in [-0.3, -0.25) is 4.99 Å². The number of nitrogens with zero attached hydrogens (tertiary/aromatic N) is 1. The molecule has 0 bridgehead atoms. The van der Waals surface area contributed by atoms with Gasteiger partial charge in [-0.15, -0.1) is 24.0 Å². The second kappa shape index (κ2) is 12.2. The molecule has 0 aliphatic rings. The van der Waals surface area contributed by atoms with Crippen molar-refractivity contribution in [1.29, 1.82) is 0 Å². The summed E-state index contributed by atoms with van der Waals surface area (Å²) < 4.78 is 15.6. The minimum Gasteiger partial charge on any atom is -0.497 e. The van der Waals surface area contributed by atoms with Gasteiger partial charge in [-0.25, -0.2) is 0 Å². The molecule has 1 rings (SSSR count). The molecule has 0 saturated carbocycles. The Morgan fingerprint density at radius 1 is 1.26 bits per heavy atom. The van der Waals surface area contributed by atoms with Gasteiger partial charge >= 0.3 is 0 Å². The molecule has 0 aliphatic carbocycles. The SMILES string of the molecule is COCC(C)NC(N)=NCCCc1cc(OC)ccc1OC.I. The van der Waals surface area contributed by atoms with Crippen LogP contribution in [0.4, 0.5) is 0 Å². The highest BCUT2D eigenvalue weighted by Gasteiger charge is 2.05. The Hall–Kier alpha value is -1.22. The monoisotopic (exact) mass is 437 g/mol. The molecule has 1 atom stereocenters. The van der Waals surface area contributed by atoms with Crippen LogP contribution in [0.2, 0.25) is 0 Å². The molecule has 0 spiro atoms. The summed E-state index contributed by atoms with van der Waals surface area (Å²) in [5.74, 6) is 2.14. The molecule has 1 unspecified atom stereocenters. The largest absolute Gasteiger partial charge is 0.497 e. The molecular formula is C16H28IN3O3. The van der Waals surface area contributed by atoms with Gasteiger partial charge in [0, 0.05) is 19.7 Å². The zero-order valence-electron chi connectivity index (χ0n) is 14.3. The minimum absolute atomic E-state index is 0. The maximum Gasteiger partial charge on any atom is 0.188 e. The van der Waals surface area contributed by atoms with Gasteiger partial charge in [-0.05, 0) is 43.5 Å². The van der Waals surface area contributed by atoms with Crippen LogP contribution in [0.1, 0.15) is 18.9 Å². The number of hydrogen-bond donors (Lipinski definition) is 2. The molecule has 0 amide bonds. The van der Waals surface area contributed by atoms with Gasteiger partial charge < -0.3 is 25.3 Å². The number of ether oxygens (including phenoxy) is 3. The van der Waals surface area contributed by atoms with Crippen LogP contribution in [0.5, 0.6) is 11.5 Å². The summed E-state index contributed by atoms with van der Waals surface area (Å²) in [7, 11) is 4.99. The van der Waals surface area contributed by atoms with Gasteiger partial charge in [0.1, 0.15) is 11.5 Å². The summed E-state index contributed by atoms with van der Waals surface area (Å²) in [4.78, 5) is 4.32. The molecule has 0 heterocycles. The molecule has 0 radical (unpaired) electrons. The second-order valence-corrected chi connectivity index (χ2v) is 5.05. The van der Waals surface area contributed by atoms with Gasteiger partial charge in [0.15, 0.2) is 5.96 Å². The molecule has 0 aliphatic heterocycles. The van der Waals surface area contributed by atoms with E-state index in [1.807, 2.05) is 25.1 Å². The first kappa shape index (κ1) is 21.8. The zero-order valence-corrected chi connectivity index (χ0v) is 16.6. The number of aryl methyl sites for hydroxylation is 1. The van der Waals surface area contributed by atoms with Gasteiger partial charge in [0.2, 0.25) is 0 Å². The van der Waals surface area contributed by atoms with Gasteiger partial charge in [0.05, 0.1) is 20.8 Å². The van der Waals surface area contributed by atoms with Crippen LogP contribution in [0, 0.1) is 0 Å². The van der Waals surface area contributed by atoms with Crippen molar-refractivity contribution in [2.45, 2.75) is 25.8 Å². The number of aliphatic imine (C=N–C) groups is 1. The third kappa shape index (κ3) is 8.26. The molecular weight excluding hydrogens is 409 g/mol. The number of rotatable bonds is 9. The molecule has 6 nitrogen and oxygen atoms in total. The molecule has 7 heteroatoms. The Morgan fingerprint density at radius 3 is 2.61 bits per heavy atom. The normalized spacial score (nSPS) is 12.3. The standard InChI is InChI=1S/C16H27N3O3.HI/c1-12(11-20-2)19-16(17)18-9-5-6-13-10-14(21-3)7-8-15(13)22-4;/h7-8,10,12H,5-6,9,11H2,1-4H3,(H3,17,18,19);1H. The summed E-state index contributed by atoms with van der Waals surface area (Å²) in [6.45, 7) is 3.24. The molecule has 0 fully saturated rings. The maximum atomic E-state index is 5.82. The van der Waals surface area contributed by atoms with Crippen LogP contribution in [-0.2, 0) is 11.2 Å². The van der Waals surface area contributed by atoms with E-state index < -0.39 is 0 Å². The van der Waals surface area contributed by atoms with E-state index >= 15 is 0 Å². The first-order valence-electron chi connectivity index (χ1n) is 7.37. The smallest absolute Gasteiger partial charge is 0.188 e. The lowest BCUT2D eigenvalue weighted by molar-refractivity contribution is 0.179. The molecule has 3 N–H and O–H groups in total. The Balaban J connectivity index is 0.00000484. The zero-order chi connectivity index (χ0) is 16.4. The minimum atomic E-state index is 0. The Morgan fingerprint density at radius 2 is 2.00 bits per heavy atom. The summed E-state index contributed by atoms with van der Waals surface area (Å²) in [5, 5.41) is 3.08. The molecule has 1 aromatic carbocycles. The lowest BCUT2D eigenvalue weighted by atomic mass is 10.1. The van der Waals surface area contributed by atoms with Crippen molar-refractivity contribution in [2.24, 2.45) is 10.7 Å². The van der Waals surface area contributed by atoms with Gasteiger partial charge in [-0.1, -0.05) is 0 Å². The molecule has 0 saturated heterocycles. The van der Waals surface area contributed by atoms with E-state index in [2.05, 4.69) is 10.3 Å². The summed E-state index contributed by atoms with van der Waals surface area (Å²) in [6.07, 6.45) is 1.73. The van der Waals surface area contributed by atoms with E-state index in [9.17, 15) is 0 Å². The van der Waals surface area contributed by atoms with Crippen molar-refractivity contribution in [3.05, 3.63) is 23.8 Å². The van der Waals surface area contributed by atoms with E-state index in [1.54, 1.807) is 21.3 Å². The van der Waals surface area contributed by atoms with Gasteiger partial charge in [-0.2, -0.15) is 0 Å².